The van der Waals surface area contributed by atoms with E-state index >= 15 is 0 Å². The molecule has 0 spiro atoms. The van der Waals surface area contributed by atoms with Gasteiger partial charge >= 0.3 is 0 Å². The Morgan fingerprint density at radius 2 is 1.54 bits per heavy atom. The Balaban J connectivity index is 1.16. The number of thiazole rings is 1. The van der Waals surface area contributed by atoms with Crippen LogP contribution < -0.4 is 16.0 Å². The van der Waals surface area contributed by atoms with Crippen molar-refractivity contribution in [3.8, 4) is 11.3 Å². The number of hydrogen-bond donors (Lipinski definition) is 3. The van der Waals surface area contributed by atoms with Gasteiger partial charge in [0, 0.05) is 32.0 Å². The van der Waals surface area contributed by atoms with Gasteiger partial charge in [0.25, 0.3) is 11.8 Å². The second-order valence-corrected chi connectivity index (χ2v) is 11.5. The Kier molecular flexibility index (Phi) is 9.37. The molecule has 2 heterocycles. The lowest BCUT2D eigenvalue weighted by Gasteiger charge is -2.11. The molecule has 2 aromatic heterocycles. The molecule has 7 nitrogen and oxygen atoms in total. The van der Waals surface area contributed by atoms with Gasteiger partial charge in [0.1, 0.15) is 5.70 Å². The molecule has 0 radical (unpaired) electrons. The van der Waals surface area contributed by atoms with Gasteiger partial charge in [0.2, 0.25) is 5.91 Å². The molecular weight excluding hydrogens is 573 g/mol. The van der Waals surface area contributed by atoms with E-state index < -0.39 is 5.91 Å². The minimum atomic E-state index is -0.444. The summed E-state index contributed by atoms with van der Waals surface area (Å²) in [5.41, 5.74) is 2.97. The molecule has 204 valence electrons. The summed E-state index contributed by atoms with van der Waals surface area (Å²) in [6.45, 7) is 0. The summed E-state index contributed by atoms with van der Waals surface area (Å²) in [6, 6.07) is 29.4. The van der Waals surface area contributed by atoms with Crippen molar-refractivity contribution >= 4 is 69.1 Å². The van der Waals surface area contributed by atoms with E-state index in [1.807, 2.05) is 71.4 Å². The molecule has 0 aliphatic carbocycles. The van der Waals surface area contributed by atoms with Crippen LogP contribution in [0.15, 0.2) is 118 Å². The third-order valence-electron chi connectivity index (χ3n) is 5.66. The SMILES string of the molecule is O=C(CSc1ccc(NC(=O)/C(=C/c2cccs2)NC(=O)c2ccccc2)cc1)Nc1nc(-c2ccccc2)cs1. The highest BCUT2D eigenvalue weighted by Crippen LogP contribution is 2.26. The van der Waals surface area contributed by atoms with Crippen molar-refractivity contribution in [3.63, 3.8) is 0 Å². The molecule has 3 aromatic carbocycles. The normalized spacial score (nSPS) is 11.1. The zero-order valence-corrected chi connectivity index (χ0v) is 24.0. The van der Waals surface area contributed by atoms with Crippen molar-refractivity contribution in [2.24, 2.45) is 0 Å². The standard InChI is InChI=1S/C31H24N4O3S3/c36-28(35-31-34-27(19-41-31)21-8-3-1-4-9-21)20-40-24-15-13-23(14-16-24)32-30(38)26(18-25-12-7-17-39-25)33-29(37)22-10-5-2-6-11-22/h1-19H,20H2,(H,32,38)(H,33,37)(H,34,35,36)/b26-18-. The lowest BCUT2D eigenvalue weighted by molar-refractivity contribution is -0.114. The number of nitrogens with zero attached hydrogens (tertiary/aromatic N) is 1. The van der Waals surface area contributed by atoms with E-state index in [0.717, 1.165) is 21.0 Å². The van der Waals surface area contributed by atoms with Crippen molar-refractivity contribution in [2.75, 3.05) is 16.4 Å². The number of carbonyl (C=O) groups is 3. The Bertz CT molecular complexity index is 1650. The van der Waals surface area contributed by atoms with Gasteiger partial charge in [-0.15, -0.1) is 34.4 Å². The van der Waals surface area contributed by atoms with Gasteiger partial charge in [-0.3, -0.25) is 14.4 Å². The van der Waals surface area contributed by atoms with Gasteiger partial charge in [-0.2, -0.15) is 0 Å². The van der Waals surface area contributed by atoms with Gasteiger partial charge < -0.3 is 16.0 Å². The molecule has 0 atom stereocenters. The summed E-state index contributed by atoms with van der Waals surface area (Å²) in [5, 5.41) is 12.8. The fourth-order valence-electron chi connectivity index (χ4n) is 3.67. The molecule has 0 bridgehead atoms. The molecular formula is C31H24N4O3S3. The molecule has 0 aliphatic rings. The maximum absolute atomic E-state index is 13.1. The fourth-order valence-corrected chi connectivity index (χ4v) is 5.76. The van der Waals surface area contributed by atoms with Crippen LogP contribution in [0.3, 0.4) is 0 Å². The molecule has 0 saturated heterocycles. The minimum Gasteiger partial charge on any atom is -0.321 e. The third-order valence-corrected chi connectivity index (χ3v) is 8.25. The smallest absolute Gasteiger partial charge is 0.272 e. The first-order chi connectivity index (χ1) is 20.0. The summed E-state index contributed by atoms with van der Waals surface area (Å²) in [6.07, 6.45) is 1.65. The average molecular weight is 597 g/mol. The van der Waals surface area contributed by atoms with E-state index in [1.54, 1.807) is 42.5 Å². The van der Waals surface area contributed by atoms with Crippen LogP contribution in [0.5, 0.6) is 0 Å². The number of anilines is 2. The summed E-state index contributed by atoms with van der Waals surface area (Å²) < 4.78 is 0. The predicted octanol–water partition coefficient (Wildman–Crippen LogP) is 7.01. The highest BCUT2D eigenvalue weighted by molar-refractivity contribution is 8.00. The third kappa shape index (κ3) is 8.01. The Morgan fingerprint density at radius 1 is 0.805 bits per heavy atom. The van der Waals surface area contributed by atoms with Crippen LogP contribution in [0.2, 0.25) is 0 Å². The molecule has 3 N–H and O–H groups in total. The Labute approximate surface area is 249 Å². The number of carbonyl (C=O) groups excluding carboxylic acids is 3. The van der Waals surface area contributed by atoms with Crippen LogP contribution in [-0.2, 0) is 9.59 Å². The molecule has 10 heteroatoms. The second-order valence-electron chi connectivity index (χ2n) is 8.61. The molecule has 3 amide bonds. The van der Waals surface area contributed by atoms with Crippen molar-refractivity contribution in [1.82, 2.24) is 10.3 Å². The molecule has 0 saturated carbocycles. The van der Waals surface area contributed by atoms with Crippen molar-refractivity contribution in [2.45, 2.75) is 4.90 Å². The first kappa shape index (κ1) is 28.0. The number of hydrogen-bond acceptors (Lipinski definition) is 7. The van der Waals surface area contributed by atoms with E-state index in [1.165, 1.54) is 34.4 Å². The van der Waals surface area contributed by atoms with Crippen molar-refractivity contribution < 1.29 is 14.4 Å². The van der Waals surface area contributed by atoms with Crippen LogP contribution in [-0.4, -0.2) is 28.5 Å². The fraction of sp³-hybridized carbons (Fsp3) is 0.0323. The first-order valence-corrected chi connectivity index (χ1v) is 15.2. The molecule has 41 heavy (non-hydrogen) atoms. The summed E-state index contributed by atoms with van der Waals surface area (Å²) in [5.74, 6) is -0.757. The van der Waals surface area contributed by atoms with Gasteiger partial charge in [-0.1, -0.05) is 54.6 Å². The van der Waals surface area contributed by atoms with E-state index in [4.69, 9.17) is 0 Å². The second kappa shape index (κ2) is 13.7. The molecule has 0 unspecified atom stereocenters. The number of aromatic nitrogens is 1. The van der Waals surface area contributed by atoms with Crippen molar-refractivity contribution in [3.05, 3.63) is 124 Å². The first-order valence-electron chi connectivity index (χ1n) is 12.5. The molecule has 5 aromatic rings. The highest BCUT2D eigenvalue weighted by Gasteiger charge is 2.15. The summed E-state index contributed by atoms with van der Waals surface area (Å²) in [7, 11) is 0. The maximum atomic E-state index is 13.1. The average Bonchev–Trinajstić information content (AvgIpc) is 3.70. The van der Waals surface area contributed by atoms with E-state index in [0.29, 0.717) is 16.4 Å². The van der Waals surface area contributed by atoms with Gasteiger partial charge in [-0.05, 0) is 53.9 Å². The van der Waals surface area contributed by atoms with Crippen LogP contribution in [0.4, 0.5) is 10.8 Å². The minimum absolute atomic E-state index is 0.133. The summed E-state index contributed by atoms with van der Waals surface area (Å²) >= 11 is 4.23. The number of thiophene rings is 1. The van der Waals surface area contributed by atoms with Gasteiger partial charge in [0.05, 0.1) is 11.4 Å². The predicted molar refractivity (Wildman–Crippen MR) is 168 cm³/mol. The zero-order valence-electron chi connectivity index (χ0n) is 21.6. The van der Waals surface area contributed by atoms with E-state index in [-0.39, 0.29) is 23.3 Å². The molecule has 0 fully saturated rings. The largest absolute Gasteiger partial charge is 0.321 e. The van der Waals surface area contributed by atoms with Crippen LogP contribution in [0, 0.1) is 0 Å². The van der Waals surface area contributed by atoms with Crippen molar-refractivity contribution in [1.29, 1.82) is 0 Å². The lowest BCUT2D eigenvalue weighted by atomic mass is 10.2. The number of benzene rings is 3. The Morgan fingerprint density at radius 3 is 2.24 bits per heavy atom. The molecule has 0 aliphatic heterocycles. The van der Waals surface area contributed by atoms with Crippen LogP contribution in [0.1, 0.15) is 15.2 Å². The lowest BCUT2D eigenvalue weighted by Crippen LogP contribution is -2.30. The number of amides is 3. The number of nitrogens with one attached hydrogen (secondary N) is 3. The zero-order chi connectivity index (χ0) is 28.4. The van der Waals surface area contributed by atoms with Crippen LogP contribution in [0.25, 0.3) is 17.3 Å². The topological polar surface area (TPSA) is 100 Å². The maximum Gasteiger partial charge on any atom is 0.272 e. The highest BCUT2D eigenvalue weighted by atomic mass is 32.2. The number of thioether (sulfide) groups is 1. The quantitative estimate of drug-likeness (QED) is 0.119. The van der Waals surface area contributed by atoms with Gasteiger partial charge in [0.15, 0.2) is 5.13 Å². The van der Waals surface area contributed by atoms with Crippen LogP contribution >= 0.6 is 34.4 Å². The monoisotopic (exact) mass is 596 g/mol. The Hall–Kier alpha value is -4.51. The number of rotatable bonds is 10. The van der Waals surface area contributed by atoms with Gasteiger partial charge in [-0.25, -0.2) is 4.98 Å². The van der Waals surface area contributed by atoms with E-state index in [9.17, 15) is 14.4 Å². The molecule has 5 rings (SSSR count). The van der Waals surface area contributed by atoms with E-state index in [2.05, 4.69) is 20.9 Å². The summed E-state index contributed by atoms with van der Waals surface area (Å²) in [4.78, 5) is 44.5.